The van der Waals surface area contributed by atoms with E-state index in [0.29, 0.717) is 51.0 Å². The maximum absolute atomic E-state index is 12.9. The van der Waals surface area contributed by atoms with E-state index in [1.54, 1.807) is 22.8 Å². The summed E-state index contributed by atoms with van der Waals surface area (Å²) in [6.45, 7) is 6.68. The third-order valence-corrected chi connectivity index (χ3v) is 4.78. The molecule has 0 aliphatic rings. The van der Waals surface area contributed by atoms with Crippen molar-refractivity contribution in [2.24, 2.45) is 5.92 Å². The number of fused-ring (bicyclic) bond motifs is 1. The minimum absolute atomic E-state index is 0.0801. The van der Waals surface area contributed by atoms with Crippen molar-refractivity contribution >= 4 is 34.3 Å². The fourth-order valence-electron chi connectivity index (χ4n) is 2.43. The van der Waals surface area contributed by atoms with Crippen LogP contribution in [0.4, 0.5) is 0 Å². The summed E-state index contributed by atoms with van der Waals surface area (Å²) < 4.78 is 6.92. The highest BCUT2D eigenvalue weighted by Gasteiger charge is 2.15. The molecule has 2 aromatic heterocycles. The quantitative estimate of drug-likeness (QED) is 0.477. The third-order valence-electron chi connectivity index (χ3n) is 3.58. The summed E-state index contributed by atoms with van der Waals surface area (Å²) in [5.74, 6) is 1.99. The predicted molar refractivity (Wildman–Crippen MR) is 99.1 cm³/mol. The van der Waals surface area contributed by atoms with Gasteiger partial charge in [0.1, 0.15) is 0 Å². The topological polar surface area (TPSA) is 73.8 Å². The summed E-state index contributed by atoms with van der Waals surface area (Å²) in [7, 11) is 0. The number of benzene rings is 1. The fraction of sp³-hybridized carbons (Fsp3) is 0.412. The molecule has 0 aliphatic heterocycles. The second-order valence-corrected chi connectivity index (χ2v) is 7.49. The van der Waals surface area contributed by atoms with Gasteiger partial charge in [-0.05, 0) is 24.1 Å². The van der Waals surface area contributed by atoms with Gasteiger partial charge in [0, 0.05) is 18.0 Å². The molecule has 0 N–H and O–H groups in total. The SMILES string of the molecule is CCc1noc(CSc2nc3ccc(Cl)cc3c(=O)n2CC(C)C)n1. The number of aryl methyl sites for hydroxylation is 1. The van der Waals surface area contributed by atoms with E-state index in [2.05, 4.69) is 29.0 Å². The summed E-state index contributed by atoms with van der Waals surface area (Å²) in [5.41, 5.74) is 0.556. The molecule has 0 fully saturated rings. The van der Waals surface area contributed by atoms with Crippen LogP contribution in [-0.4, -0.2) is 19.7 Å². The van der Waals surface area contributed by atoms with Gasteiger partial charge < -0.3 is 4.52 Å². The van der Waals surface area contributed by atoms with Crippen LogP contribution < -0.4 is 5.56 Å². The minimum Gasteiger partial charge on any atom is -0.338 e. The molecule has 1 aromatic carbocycles. The van der Waals surface area contributed by atoms with Crippen LogP contribution in [0.15, 0.2) is 32.7 Å². The number of aromatic nitrogens is 4. The highest BCUT2D eigenvalue weighted by molar-refractivity contribution is 7.98. The van der Waals surface area contributed by atoms with Crippen LogP contribution in [0.1, 0.15) is 32.5 Å². The molecule has 0 unspecified atom stereocenters. The van der Waals surface area contributed by atoms with E-state index < -0.39 is 0 Å². The van der Waals surface area contributed by atoms with Gasteiger partial charge in [0.15, 0.2) is 11.0 Å². The van der Waals surface area contributed by atoms with Gasteiger partial charge in [-0.3, -0.25) is 9.36 Å². The lowest BCUT2D eigenvalue weighted by molar-refractivity contribution is 0.385. The molecule has 8 heteroatoms. The molecule has 0 radical (unpaired) electrons. The standard InChI is InChI=1S/C17H19ClN4O2S/c1-4-14-20-15(24-21-14)9-25-17-19-13-6-5-11(18)7-12(13)16(23)22(17)8-10(2)3/h5-7,10H,4,8-9H2,1-3H3. The van der Waals surface area contributed by atoms with Crippen LogP contribution in [-0.2, 0) is 18.7 Å². The van der Waals surface area contributed by atoms with Crippen molar-refractivity contribution < 1.29 is 4.52 Å². The summed E-state index contributed by atoms with van der Waals surface area (Å²) in [6, 6.07) is 5.18. The van der Waals surface area contributed by atoms with Crippen molar-refractivity contribution in [2.75, 3.05) is 0 Å². The van der Waals surface area contributed by atoms with Gasteiger partial charge in [-0.1, -0.05) is 49.3 Å². The van der Waals surface area contributed by atoms with E-state index >= 15 is 0 Å². The Labute approximate surface area is 154 Å². The summed E-state index contributed by atoms with van der Waals surface area (Å²) >= 11 is 7.46. The number of rotatable bonds is 6. The van der Waals surface area contributed by atoms with Gasteiger partial charge >= 0.3 is 0 Å². The summed E-state index contributed by atoms with van der Waals surface area (Å²) in [5, 5.41) is 5.59. The lowest BCUT2D eigenvalue weighted by atomic mass is 10.2. The molecular weight excluding hydrogens is 360 g/mol. The van der Waals surface area contributed by atoms with Gasteiger partial charge in [-0.25, -0.2) is 4.98 Å². The van der Waals surface area contributed by atoms with Crippen molar-refractivity contribution in [1.82, 2.24) is 19.7 Å². The van der Waals surface area contributed by atoms with Crippen molar-refractivity contribution in [3.05, 3.63) is 45.3 Å². The Morgan fingerprint density at radius 2 is 2.12 bits per heavy atom. The molecule has 0 aliphatic carbocycles. The fourth-order valence-corrected chi connectivity index (χ4v) is 3.45. The van der Waals surface area contributed by atoms with Crippen LogP contribution in [0.2, 0.25) is 5.02 Å². The molecule has 3 aromatic rings. The first-order chi connectivity index (χ1) is 12.0. The average molecular weight is 379 g/mol. The molecule has 0 bridgehead atoms. The van der Waals surface area contributed by atoms with Gasteiger partial charge in [-0.2, -0.15) is 4.98 Å². The van der Waals surface area contributed by atoms with Gasteiger partial charge in [0.2, 0.25) is 5.89 Å². The Morgan fingerprint density at radius 3 is 2.80 bits per heavy atom. The zero-order valence-corrected chi connectivity index (χ0v) is 15.9. The molecule has 0 amide bonds. The van der Waals surface area contributed by atoms with E-state index in [1.807, 2.05) is 6.92 Å². The van der Waals surface area contributed by atoms with Crippen LogP contribution >= 0.6 is 23.4 Å². The molecule has 0 saturated heterocycles. The Morgan fingerprint density at radius 1 is 1.32 bits per heavy atom. The van der Waals surface area contributed by atoms with Crippen LogP contribution in [0.3, 0.4) is 0 Å². The second-order valence-electron chi connectivity index (χ2n) is 6.11. The molecular formula is C17H19ClN4O2S. The van der Waals surface area contributed by atoms with Crippen molar-refractivity contribution in [2.45, 2.75) is 44.6 Å². The lowest BCUT2D eigenvalue weighted by Gasteiger charge is -2.14. The van der Waals surface area contributed by atoms with E-state index in [9.17, 15) is 4.79 Å². The average Bonchev–Trinajstić information content (AvgIpc) is 3.04. The molecule has 3 rings (SSSR count). The number of thioether (sulfide) groups is 1. The molecule has 0 saturated carbocycles. The molecule has 2 heterocycles. The highest BCUT2D eigenvalue weighted by atomic mass is 35.5. The van der Waals surface area contributed by atoms with E-state index in [4.69, 9.17) is 16.1 Å². The Bertz CT molecular complexity index is 951. The number of halogens is 1. The molecule has 0 spiro atoms. The monoisotopic (exact) mass is 378 g/mol. The Balaban J connectivity index is 1.99. The number of nitrogens with zero attached hydrogens (tertiary/aromatic N) is 4. The van der Waals surface area contributed by atoms with E-state index in [1.165, 1.54) is 11.8 Å². The smallest absolute Gasteiger partial charge is 0.262 e. The zero-order valence-electron chi connectivity index (χ0n) is 14.3. The largest absolute Gasteiger partial charge is 0.338 e. The second kappa shape index (κ2) is 7.58. The highest BCUT2D eigenvalue weighted by Crippen LogP contribution is 2.23. The first-order valence-electron chi connectivity index (χ1n) is 8.12. The number of hydrogen-bond donors (Lipinski definition) is 0. The third kappa shape index (κ3) is 4.04. The van der Waals surface area contributed by atoms with Gasteiger partial charge in [0.05, 0.1) is 16.7 Å². The van der Waals surface area contributed by atoms with Crippen molar-refractivity contribution in [3.8, 4) is 0 Å². The van der Waals surface area contributed by atoms with Gasteiger partial charge in [-0.15, -0.1) is 0 Å². The Hall–Kier alpha value is -1.86. The maximum atomic E-state index is 12.9. The van der Waals surface area contributed by atoms with Crippen LogP contribution in [0.5, 0.6) is 0 Å². The minimum atomic E-state index is -0.0801. The van der Waals surface area contributed by atoms with Gasteiger partial charge in [0.25, 0.3) is 5.56 Å². The molecule has 6 nitrogen and oxygen atoms in total. The molecule has 132 valence electrons. The summed E-state index contributed by atoms with van der Waals surface area (Å²) in [6.07, 6.45) is 0.723. The first-order valence-corrected chi connectivity index (χ1v) is 9.48. The molecule has 25 heavy (non-hydrogen) atoms. The zero-order chi connectivity index (χ0) is 18.0. The first kappa shape index (κ1) is 17.9. The molecule has 0 atom stereocenters. The van der Waals surface area contributed by atoms with E-state index in [-0.39, 0.29) is 5.56 Å². The van der Waals surface area contributed by atoms with Crippen LogP contribution in [0, 0.1) is 5.92 Å². The number of hydrogen-bond acceptors (Lipinski definition) is 6. The van der Waals surface area contributed by atoms with Crippen molar-refractivity contribution in [1.29, 1.82) is 0 Å². The van der Waals surface area contributed by atoms with Crippen LogP contribution in [0.25, 0.3) is 10.9 Å². The normalized spacial score (nSPS) is 11.6. The maximum Gasteiger partial charge on any atom is 0.262 e. The van der Waals surface area contributed by atoms with E-state index in [0.717, 1.165) is 6.42 Å². The Kier molecular flexibility index (Phi) is 5.44. The van der Waals surface area contributed by atoms with Crippen molar-refractivity contribution in [3.63, 3.8) is 0 Å². The summed E-state index contributed by atoms with van der Waals surface area (Å²) in [4.78, 5) is 21.8. The predicted octanol–water partition coefficient (Wildman–Crippen LogP) is 3.94. The lowest BCUT2D eigenvalue weighted by Crippen LogP contribution is -2.25.